The van der Waals surface area contributed by atoms with Gasteiger partial charge in [0.1, 0.15) is 30.7 Å². The number of anilines is 1. The summed E-state index contributed by atoms with van der Waals surface area (Å²) in [5.74, 6) is 0.283. The molecule has 2 bridgehead atoms. The van der Waals surface area contributed by atoms with Crippen molar-refractivity contribution in [1.82, 2.24) is 19.5 Å². The fraction of sp³-hybridized carbons (Fsp3) is 0.622. The van der Waals surface area contributed by atoms with Gasteiger partial charge in [-0.3, -0.25) is 4.79 Å². The molecule has 3 atom stereocenters. The number of ether oxygens (including phenoxy) is 3. The van der Waals surface area contributed by atoms with E-state index in [0.29, 0.717) is 49.7 Å². The number of aromatic nitrogens is 3. The summed E-state index contributed by atoms with van der Waals surface area (Å²) in [6, 6.07) is 8.89. The first-order valence-corrected chi connectivity index (χ1v) is 25.4. The van der Waals surface area contributed by atoms with Crippen LogP contribution in [0.15, 0.2) is 30.5 Å². The highest BCUT2D eigenvalue weighted by atomic mass is 28.3. The maximum absolute atomic E-state index is 14.9. The number of hydrogen-bond donors (Lipinski definition) is 0. The molecule has 3 aromatic rings. The van der Waals surface area contributed by atoms with Crippen molar-refractivity contribution >= 4 is 40.0 Å². The molecule has 10 nitrogen and oxygen atoms in total. The summed E-state index contributed by atoms with van der Waals surface area (Å²) in [6.45, 7) is 21.7. The molecule has 0 radical (unpaired) electrons. The number of carbonyl (C=O) groups excluding carboxylic acids is 2. The number of hydrogen-bond acceptors (Lipinski definition) is 8. The van der Waals surface area contributed by atoms with E-state index in [1.54, 1.807) is 16.8 Å². The third-order valence-corrected chi connectivity index (χ3v) is 12.9. The van der Waals surface area contributed by atoms with Crippen LogP contribution in [0.3, 0.4) is 0 Å². The molecule has 2 aliphatic rings. The Morgan fingerprint density at radius 3 is 2.10 bits per heavy atom. The monoisotopic (exact) mass is 725 g/mol. The Hall–Kier alpha value is -3.14. The Kier molecular flexibility index (Phi) is 11.6. The minimum atomic E-state index is -1.30. The van der Waals surface area contributed by atoms with E-state index in [2.05, 4.69) is 50.2 Å². The van der Waals surface area contributed by atoms with Gasteiger partial charge in [-0.15, -0.1) is 0 Å². The SMILES string of the molecule is CC(C)(C)OC(=O)N1[C@@H]2CC[C@H]1CC(c1cc(N(COCC[Si](C)(C)C)COCC[Si](C)(C)C)n3ncc(-c4ccc(C=O)c(F)c4)c3n1)C2. The van der Waals surface area contributed by atoms with E-state index in [9.17, 15) is 14.0 Å². The fourth-order valence-corrected chi connectivity index (χ4v) is 8.21. The number of piperidine rings is 1. The first kappa shape index (κ1) is 38.1. The predicted octanol–water partition coefficient (Wildman–Crippen LogP) is 8.42. The minimum absolute atomic E-state index is 0.00360. The zero-order valence-corrected chi connectivity index (χ0v) is 33.4. The number of carbonyl (C=O) groups is 2. The summed E-state index contributed by atoms with van der Waals surface area (Å²) in [5, 5.41) is 4.77. The van der Waals surface area contributed by atoms with Gasteiger partial charge in [0.25, 0.3) is 0 Å². The third kappa shape index (κ3) is 9.59. The van der Waals surface area contributed by atoms with Crippen LogP contribution in [0.2, 0.25) is 51.4 Å². The van der Waals surface area contributed by atoms with Crippen molar-refractivity contribution in [3.05, 3.63) is 47.5 Å². The lowest BCUT2D eigenvalue weighted by Gasteiger charge is -2.39. The van der Waals surface area contributed by atoms with Crippen molar-refractivity contribution in [3.8, 4) is 11.1 Å². The predicted molar refractivity (Wildman–Crippen MR) is 201 cm³/mol. The van der Waals surface area contributed by atoms with Crippen molar-refractivity contribution in [2.75, 3.05) is 31.6 Å². The molecule has 2 aliphatic heterocycles. The number of benzene rings is 1. The van der Waals surface area contributed by atoms with Gasteiger partial charge in [0.15, 0.2) is 11.9 Å². The van der Waals surface area contributed by atoms with E-state index >= 15 is 0 Å². The van der Waals surface area contributed by atoms with Gasteiger partial charge in [-0.05, 0) is 76.2 Å². The molecule has 0 spiro atoms. The Labute approximate surface area is 298 Å². The molecule has 0 N–H and O–H groups in total. The summed E-state index contributed by atoms with van der Waals surface area (Å²) >= 11 is 0. The van der Waals surface area contributed by atoms with E-state index in [1.807, 2.05) is 25.7 Å². The van der Waals surface area contributed by atoms with E-state index in [1.165, 1.54) is 12.1 Å². The average Bonchev–Trinajstić information content (AvgIpc) is 3.56. The zero-order valence-electron chi connectivity index (χ0n) is 31.4. The van der Waals surface area contributed by atoms with Gasteiger partial charge in [0.05, 0.1) is 11.8 Å². The highest BCUT2D eigenvalue weighted by Crippen LogP contribution is 2.44. The molecule has 1 unspecified atom stereocenters. The van der Waals surface area contributed by atoms with Gasteiger partial charge in [0.2, 0.25) is 0 Å². The minimum Gasteiger partial charge on any atom is -0.444 e. The molecule has 5 rings (SSSR count). The van der Waals surface area contributed by atoms with E-state index in [4.69, 9.17) is 24.3 Å². The summed E-state index contributed by atoms with van der Waals surface area (Å²) in [7, 11) is -2.61. The van der Waals surface area contributed by atoms with Crippen molar-refractivity contribution in [3.63, 3.8) is 0 Å². The molecule has 2 saturated heterocycles. The highest BCUT2D eigenvalue weighted by Gasteiger charge is 2.45. The molecule has 50 heavy (non-hydrogen) atoms. The van der Waals surface area contributed by atoms with Crippen LogP contribution in [0.25, 0.3) is 16.8 Å². The van der Waals surface area contributed by atoms with Crippen LogP contribution < -0.4 is 4.90 Å². The van der Waals surface area contributed by atoms with Crippen LogP contribution in [0, 0.1) is 5.82 Å². The third-order valence-electron chi connectivity index (χ3n) is 9.48. The smallest absolute Gasteiger partial charge is 0.410 e. The lowest BCUT2D eigenvalue weighted by molar-refractivity contribution is 0.00568. The van der Waals surface area contributed by atoms with Crippen LogP contribution in [0.5, 0.6) is 0 Å². The zero-order chi connectivity index (χ0) is 36.4. The molecule has 2 aromatic heterocycles. The maximum atomic E-state index is 14.9. The van der Waals surface area contributed by atoms with Crippen molar-refractivity contribution in [2.24, 2.45) is 0 Å². The number of fused-ring (bicyclic) bond motifs is 3. The van der Waals surface area contributed by atoms with Gasteiger partial charge in [-0.2, -0.15) is 9.61 Å². The topological polar surface area (TPSA) is 98.5 Å². The second-order valence-electron chi connectivity index (χ2n) is 17.4. The molecule has 1 amide bonds. The first-order chi connectivity index (χ1) is 23.4. The molecule has 4 heterocycles. The first-order valence-electron chi connectivity index (χ1n) is 18.0. The number of rotatable bonds is 14. The fourth-order valence-electron chi connectivity index (χ4n) is 6.70. The van der Waals surface area contributed by atoms with E-state index in [0.717, 1.165) is 49.3 Å². The van der Waals surface area contributed by atoms with Crippen LogP contribution in [0.1, 0.15) is 68.4 Å². The van der Waals surface area contributed by atoms with E-state index < -0.39 is 27.6 Å². The summed E-state index contributed by atoms with van der Waals surface area (Å²) in [4.78, 5) is 33.8. The molecular weight excluding hydrogens is 670 g/mol. The molecule has 0 saturated carbocycles. The second kappa shape index (κ2) is 15.2. The second-order valence-corrected chi connectivity index (χ2v) is 28.6. The van der Waals surface area contributed by atoms with Gasteiger partial charge in [-0.1, -0.05) is 45.3 Å². The molecule has 2 fully saturated rings. The Morgan fingerprint density at radius 1 is 0.980 bits per heavy atom. The van der Waals surface area contributed by atoms with Crippen LogP contribution in [0.4, 0.5) is 15.0 Å². The number of halogens is 1. The summed E-state index contributed by atoms with van der Waals surface area (Å²) in [6.07, 6.45) is 5.37. The summed E-state index contributed by atoms with van der Waals surface area (Å²) < 4.78 is 35.1. The molecule has 274 valence electrons. The molecule has 13 heteroatoms. The number of aldehydes is 1. The lowest BCUT2D eigenvalue weighted by atomic mass is 9.88. The standard InChI is InChI=1S/C37H56FN5O5Si2/c1-37(2,3)48-36(45)42-29-12-13-30(42)19-28(18-29)33-21-34(41(24-46-14-16-49(4,5)6)25-47-15-17-50(7,8)9)43-35(40-33)31(22-39-43)26-10-11-27(23-44)32(38)20-26/h10-11,20-23,28-30H,12-19,24-25H2,1-9H3/t28?,29-,30+. The summed E-state index contributed by atoms with van der Waals surface area (Å²) in [5.41, 5.74) is 2.18. The van der Waals surface area contributed by atoms with Gasteiger partial charge >= 0.3 is 6.09 Å². The number of amides is 1. The largest absolute Gasteiger partial charge is 0.444 e. The Balaban J connectivity index is 1.53. The quantitative estimate of drug-likeness (QED) is 0.0707. The maximum Gasteiger partial charge on any atom is 0.410 e. The van der Waals surface area contributed by atoms with Crippen LogP contribution in [-0.4, -0.2) is 92.4 Å². The molecular formula is C37H56FN5O5Si2. The van der Waals surface area contributed by atoms with Crippen molar-refractivity contribution in [2.45, 2.75) is 121 Å². The van der Waals surface area contributed by atoms with Gasteiger partial charge in [0, 0.05) is 64.7 Å². The van der Waals surface area contributed by atoms with Crippen molar-refractivity contribution in [1.29, 1.82) is 0 Å². The Morgan fingerprint density at radius 2 is 1.58 bits per heavy atom. The van der Waals surface area contributed by atoms with Gasteiger partial charge < -0.3 is 24.0 Å². The lowest BCUT2D eigenvalue weighted by Crippen LogP contribution is -2.48. The normalized spacial score (nSPS) is 19.6. The Bertz CT molecular complexity index is 1630. The highest BCUT2D eigenvalue weighted by molar-refractivity contribution is 6.76. The van der Waals surface area contributed by atoms with E-state index in [-0.39, 0.29) is 29.7 Å². The van der Waals surface area contributed by atoms with Crippen LogP contribution >= 0.6 is 0 Å². The van der Waals surface area contributed by atoms with Crippen molar-refractivity contribution < 1.29 is 28.2 Å². The molecule has 0 aliphatic carbocycles. The van der Waals surface area contributed by atoms with Crippen LogP contribution in [-0.2, 0) is 14.2 Å². The average molecular weight is 726 g/mol. The molecule has 1 aromatic carbocycles. The van der Waals surface area contributed by atoms with Gasteiger partial charge in [-0.25, -0.2) is 14.2 Å². The number of nitrogens with zero attached hydrogens (tertiary/aromatic N) is 5.